The zero-order chi connectivity index (χ0) is 14.1. The van der Waals surface area contributed by atoms with Gasteiger partial charge < -0.3 is 5.11 Å². The van der Waals surface area contributed by atoms with E-state index in [4.69, 9.17) is 11.6 Å². The van der Waals surface area contributed by atoms with Crippen LogP contribution in [0.3, 0.4) is 0 Å². The van der Waals surface area contributed by atoms with E-state index in [-0.39, 0.29) is 6.04 Å². The minimum Gasteiger partial charge on any atom is -0.480 e. The van der Waals surface area contributed by atoms with Crippen LogP contribution in [0.5, 0.6) is 0 Å². The molecule has 0 amide bonds. The van der Waals surface area contributed by atoms with Gasteiger partial charge in [0.1, 0.15) is 11.4 Å². The first-order valence-electron chi connectivity index (χ1n) is 5.59. The van der Waals surface area contributed by atoms with Crippen LogP contribution in [0, 0.1) is 5.82 Å². The van der Waals surface area contributed by atoms with E-state index >= 15 is 0 Å². The summed E-state index contributed by atoms with van der Waals surface area (Å²) < 4.78 is 13.0. The van der Waals surface area contributed by atoms with Crippen molar-refractivity contribution in [2.24, 2.45) is 0 Å². The number of hydrogen-bond acceptors (Lipinski definition) is 2. The molecule has 1 rings (SSSR count). The third kappa shape index (κ3) is 2.82. The van der Waals surface area contributed by atoms with Crippen LogP contribution in [-0.2, 0) is 4.79 Å². The van der Waals surface area contributed by atoms with Gasteiger partial charge in [0.25, 0.3) is 0 Å². The van der Waals surface area contributed by atoms with Gasteiger partial charge in [-0.3, -0.25) is 9.69 Å². The van der Waals surface area contributed by atoms with Crippen LogP contribution in [0.25, 0.3) is 0 Å². The van der Waals surface area contributed by atoms with Gasteiger partial charge in [0.05, 0.1) is 0 Å². The second-order valence-corrected chi connectivity index (χ2v) is 5.22. The van der Waals surface area contributed by atoms with E-state index in [1.54, 1.807) is 31.9 Å². The number of carboxylic acids is 1. The normalized spacial score (nSPS) is 13.7. The van der Waals surface area contributed by atoms with Crippen molar-refractivity contribution in [1.29, 1.82) is 0 Å². The number of nitrogens with zero attached hydrogens (tertiary/aromatic N) is 1. The first kappa shape index (κ1) is 14.9. The zero-order valence-corrected chi connectivity index (χ0v) is 11.6. The van der Waals surface area contributed by atoms with E-state index < -0.39 is 17.3 Å². The summed E-state index contributed by atoms with van der Waals surface area (Å²) in [6.07, 6.45) is 0. The molecule has 0 aliphatic heterocycles. The third-order valence-corrected chi connectivity index (χ3v) is 3.73. The molecule has 0 spiro atoms. The summed E-state index contributed by atoms with van der Waals surface area (Å²) in [4.78, 5) is 12.9. The van der Waals surface area contributed by atoms with Crippen LogP contribution in [-0.4, -0.2) is 28.6 Å². The quantitative estimate of drug-likeness (QED) is 0.915. The van der Waals surface area contributed by atoms with Crippen molar-refractivity contribution >= 4 is 17.6 Å². The predicted octanol–water partition coefficient (Wildman–Crippen LogP) is 3.34. The molecule has 0 saturated heterocycles. The van der Waals surface area contributed by atoms with Gasteiger partial charge >= 0.3 is 5.97 Å². The second kappa shape index (κ2) is 5.24. The van der Waals surface area contributed by atoms with Crippen molar-refractivity contribution in [2.75, 3.05) is 7.05 Å². The maximum atomic E-state index is 13.0. The zero-order valence-electron chi connectivity index (χ0n) is 10.9. The van der Waals surface area contributed by atoms with Crippen LogP contribution < -0.4 is 0 Å². The maximum Gasteiger partial charge on any atom is 0.323 e. The summed E-state index contributed by atoms with van der Waals surface area (Å²) in [5, 5.41) is 9.49. The largest absolute Gasteiger partial charge is 0.480 e. The van der Waals surface area contributed by atoms with Gasteiger partial charge in [0.15, 0.2) is 0 Å². The first-order chi connectivity index (χ1) is 8.17. The van der Waals surface area contributed by atoms with Crippen molar-refractivity contribution in [3.05, 3.63) is 34.6 Å². The molecule has 100 valence electrons. The van der Waals surface area contributed by atoms with E-state index in [1.807, 2.05) is 6.92 Å². The summed E-state index contributed by atoms with van der Waals surface area (Å²) in [5.41, 5.74) is -0.327. The van der Waals surface area contributed by atoms with Crippen molar-refractivity contribution < 1.29 is 14.3 Å². The SMILES string of the molecule is CC(c1ccc(F)cc1Cl)N(C)C(C)(C)C(=O)O. The molecule has 0 heterocycles. The predicted molar refractivity (Wildman–Crippen MR) is 69.3 cm³/mol. The van der Waals surface area contributed by atoms with Crippen LogP contribution in [0.4, 0.5) is 4.39 Å². The molecular formula is C13H17ClFNO2. The molecule has 0 aliphatic rings. The number of aliphatic carboxylic acids is 1. The number of likely N-dealkylation sites (N-methyl/N-ethyl adjacent to an activating group) is 1. The molecule has 5 heteroatoms. The lowest BCUT2D eigenvalue weighted by Gasteiger charge is -2.36. The monoisotopic (exact) mass is 273 g/mol. The van der Waals surface area contributed by atoms with Gasteiger partial charge in [-0.15, -0.1) is 0 Å². The Morgan fingerprint density at radius 3 is 2.50 bits per heavy atom. The highest BCUT2D eigenvalue weighted by molar-refractivity contribution is 6.31. The topological polar surface area (TPSA) is 40.5 Å². The Balaban J connectivity index is 3.07. The van der Waals surface area contributed by atoms with Crippen molar-refractivity contribution in [3.8, 4) is 0 Å². The Hall–Kier alpha value is -1.13. The lowest BCUT2D eigenvalue weighted by molar-refractivity contribution is -0.149. The average molecular weight is 274 g/mol. The van der Waals surface area contributed by atoms with Gasteiger partial charge in [-0.2, -0.15) is 0 Å². The van der Waals surface area contributed by atoms with Crippen LogP contribution in [0.1, 0.15) is 32.4 Å². The molecule has 0 radical (unpaired) electrons. The summed E-state index contributed by atoms with van der Waals surface area (Å²) >= 11 is 5.98. The van der Waals surface area contributed by atoms with Crippen molar-refractivity contribution in [2.45, 2.75) is 32.4 Å². The Morgan fingerprint density at radius 2 is 2.06 bits per heavy atom. The number of benzene rings is 1. The maximum absolute atomic E-state index is 13.0. The molecule has 1 atom stereocenters. The van der Waals surface area contributed by atoms with Crippen molar-refractivity contribution in [1.82, 2.24) is 4.90 Å². The fourth-order valence-electron chi connectivity index (χ4n) is 1.68. The lowest BCUT2D eigenvalue weighted by Crippen LogP contribution is -2.48. The van der Waals surface area contributed by atoms with E-state index in [1.165, 1.54) is 12.1 Å². The Kier molecular flexibility index (Phi) is 4.35. The Bertz CT molecular complexity index is 462. The fraction of sp³-hybridized carbons (Fsp3) is 0.462. The highest BCUT2D eigenvalue weighted by Gasteiger charge is 2.35. The molecule has 1 N–H and O–H groups in total. The average Bonchev–Trinajstić information content (AvgIpc) is 2.26. The minimum absolute atomic E-state index is 0.232. The standard InChI is InChI=1S/C13H17ClFNO2/c1-8(16(4)13(2,3)12(17)18)10-6-5-9(15)7-11(10)14/h5-8H,1-4H3,(H,17,18). The molecular weight excluding hydrogens is 257 g/mol. The summed E-state index contributed by atoms with van der Waals surface area (Å²) in [5.74, 6) is -1.33. The minimum atomic E-state index is -1.03. The summed E-state index contributed by atoms with van der Waals surface area (Å²) in [6, 6.07) is 3.90. The molecule has 1 unspecified atom stereocenters. The van der Waals surface area contributed by atoms with Crippen LogP contribution in [0.2, 0.25) is 5.02 Å². The van der Waals surface area contributed by atoms with Crippen molar-refractivity contribution in [3.63, 3.8) is 0 Å². The first-order valence-corrected chi connectivity index (χ1v) is 5.97. The lowest BCUT2D eigenvalue weighted by atomic mass is 9.98. The molecule has 0 fully saturated rings. The van der Waals surface area contributed by atoms with Gasteiger partial charge in [-0.25, -0.2) is 4.39 Å². The number of carboxylic acid groups (broad SMARTS) is 1. The summed E-state index contributed by atoms with van der Waals surface area (Å²) in [6.45, 7) is 5.07. The van der Waals surface area contributed by atoms with Gasteiger partial charge in [0, 0.05) is 11.1 Å². The number of halogens is 2. The Labute approximate surface area is 111 Å². The molecule has 0 aliphatic carbocycles. The van der Waals surface area contributed by atoms with E-state index in [0.29, 0.717) is 10.6 Å². The van der Waals surface area contributed by atoms with Crippen LogP contribution >= 0.6 is 11.6 Å². The van der Waals surface area contributed by atoms with Crippen LogP contribution in [0.15, 0.2) is 18.2 Å². The molecule has 0 bridgehead atoms. The van der Waals surface area contributed by atoms with E-state index in [0.717, 1.165) is 0 Å². The molecule has 3 nitrogen and oxygen atoms in total. The molecule has 1 aromatic carbocycles. The molecule has 1 aromatic rings. The third-order valence-electron chi connectivity index (χ3n) is 3.40. The van der Waals surface area contributed by atoms with Gasteiger partial charge in [0.2, 0.25) is 0 Å². The van der Waals surface area contributed by atoms with E-state index in [9.17, 15) is 14.3 Å². The van der Waals surface area contributed by atoms with Gasteiger partial charge in [-0.05, 0) is 45.5 Å². The number of rotatable bonds is 4. The van der Waals surface area contributed by atoms with Gasteiger partial charge in [-0.1, -0.05) is 17.7 Å². The number of hydrogen-bond donors (Lipinski definition) is 1. The molecule has 18 heavy (non-hydrogen) atoms. The fourth-order valence-corrected chi connectivity index (χ4v) is 2.01. The number of carbonyl (C=O) groups is 1. The second-order valence-electron chi connectivity index (χ2n) is 4.82. The Morgan fingerprint density at radius 1 is 1.50 bits per heavy atom. The highest BCUT2D eigenvalue weighted by Crippen LogP contribution is 2.31. The highest BCUT2D eigenvalue weighted by atomic mass is 35.5. The van der Waals surface area contributed by atoms with E-state index in [2.05, 4.69) is 0 Å². The summed E-state index contributed by atoms with van der Waals surface area (Å²) in [7, 11) is 1.71. The molecule has 0 saturated carbocycles. The molecule has 0 aromatic heterocycles. The smallest absolute Gasteiger partial charge is 0.323 e.